The number of hydrogen-bond acceptors (Lipinski definition) is 6. The summed E-state index contributed by atoms with van der Waals surface area (Å²) in [6.45, 7) is 4.24. The molecule has 3 aromatic rings. The van der Waals surface area contributed by atoms with Gasteiger partial charge in [-0.25, -0.2) is 4.98 Å². The van der Waals surface area contributed by atoms with Crippen LogP contribution in [0.4, 0.5) is 5.69 Å². The lowest BCUT2D eigenvalue weighted by Gasteiger charge is -2.33. The highest BCUT2D eigenvalue weighted by atomic mass is 16.5. The average Bonchev–Trinajstić information content (AvgIpc) is 2.96. The highest BCUT2D eigenvalue weighted by molar-refractivity contribution is 6.09. The molecule has 4 rings (SSSR count). The lowest BCUT2D eigenvalue weighted by atomic mass is 9.94. The first kappa shape index (κ1) is 27.1. The van der Waals surface area contributed by atoms with Crippen LogP contribution in [0.25, 0.3) is 0 Å². The van der Waals surface area contributed by atoms with Crippen LogP contribution in [0.15, 0.2) is 61.1 Å². The van der Waals surface area contributed by atoms with Gasteiger partial charge < -0.3 is 14.8 Å². The highest BCUT2D eigenvalue weighted by Crippen LogP contribution is 2.36. The lowest BCUT2D eigenvalue weighted by molar-refractivity contribution is -0.123. The van der Waals surface area contributed by atoms with Crippen LogP contribution in [0.2, 0.25) is 0 Å². The number of carbonyl (C=O) groups is 2. The number of carbonyl (C=O) groups excluding carboxylic acids is 2. The van der Waals surface area contributed by atoms with Crippen LogP contribution in [0.5, 0.6) is 11.5 Å². The Balaban J connectivity index is 1.85. The van der Waals surface area contributed by atoms with Crippen molar-refractivity contribution in [1.82, 2.24) is 15.3 Å². The Morgan fingerprint density at radius 3 is 2.21 bits per heavy atom. The van der Waals surface area contributed by atoms with Gasteiger partial charge in [0, 0.05) is 30.2 Å². The van der Waals surface area contributed by atoms with Crippen molar-refractivity contribution in [2.75, 3.05) is 19.1 Å². The van der Waals surface area contributed by atoms with E-state index in [2.05, 4.69) is 29.1 Å². The molecule has 1 saturated carbocycles. The summed E-state index contributed by atoms with van der Waals surface area (Å²) in [5, 5.41) is 3.24. The zero-order chi connectivity index (χ0) is 27.1. The van der Waals surface area contributed by atoms with E-state index in [-0.39, 0.29) is 17.6 Å². The van der Waals surface area contributed by atoms with E-state index in [4.69, 9.17) is 9.47 Å². The molecule has 200 valence electrons. The summed E-state index contributed by atoms with van der Waals surface area (Å²) in [7, 11) is 3.09. The first-order chi connectivity index (χ1) is 18.4. The molecular formula is C30H36N4O4. The average molecular weight is 517 g/mol. The van der Waals surface area contributed by atoms with Crippen molar-refractivity contribution in [3.63, 3.8) is 0 Å². The third kappa shape index (κ3) is 6.13. The summed E-state index contributed by atoms with van der Waals surface area (Å²) in [4.78, 5) is 37.9. The van der Waals surface area contributed by atoms with E-state index in [1.165, 1.54) is 37.0 Å². The SMILES string of the molecule is COc1ccc(N(C(=O)c2cnccn2)[C@@H](C(=O)NC2CCCCC2)c2ccc(C(C)C)cc2)cc1OC. The van der Waals surface area contributed by atoms with Crippen LogP contribution in [0.3, 0.4) is 0 Å². The molecule has 1 atom stereocenters. The normalized spacial score (nSPS) is 14.6. The molecule has 0 bridgehead atoms. The molecule has 8 heteroatoms. The third-order valence-corrected chi connectivity index (χ3v) is 7.02. The van der Waals surface area contributed by atoms with Gasteiger partial charge in [-0.2, -0.15) is 0 Å². The zero-order valence-corrected chi connectivity index (χ0v) is 22.5. The van der Waals surface area contributed by atoms with Gasteiger partial charge in [0.1, 0.15) is 11.7 Å². The molecule has 1 aliphatic carbocycles. The first-order valence-electron chi connectivity index (χ1n) is 13.1. The molecule has 8 nitrogen and oxygen atoms in total. The molecule has 1 aromatic heterocycles. The number of nitrogens with one attached hydrogen (secondary N) is 1. The molecule has 0 radical (unpaired) electrons. The molecule has 38 heavy (non-hydrogen) atoms. The molecule has 0 aliphatic heterocycles. The molecular weight excluding hydrogens is 480 g/mol. The maximum absolute atomic E-state index is 14.1. The van der Waals surface area contributed by atoms with Crippen LogP contribution in [-0.2, 0) is 4.79 Å². The number of methoxy groups -OCH3 is 2. The molecule has 0 spiro atoms. The van der Waals surface area contributed by atoms with Gasteiger partial charge in [-0.15, -0.1) is 0 Å². The van der Waals surface area contributed by atoms with E-state index in [9.17, 15) is 9.59 Å². The summed E-state index contributed by atoms with van der Waals surface area (Å²) in [5.41, 5.74) is 2.47. The molecule has 0 saturated heterocycles. The van der Waals surface area contributed by atoms with Crippen molar-refractivity contribution in [2.24, 2.45) is 0 Å². The number of benzene rings is 2. The minimum Gasteiger partial charge on any atom is -0.493 e. The smallest absolute Gasteiger partial charge is 0.279 e. The van der Waals surface area contributed by atoms with Crippen LogP contribution < -0.4 is 19.7 Å². The number of aromatic nitrogens is 2. The van der Waals surface area contributed by atoms with E-state index in [0.29, 0.717) is 28.7 Å². The predicted octanol–water partition coefficient (Wildman–Crippen LogP) is 5.45. The number of amides is 2. The van der Waals surface area contributed by atoms with Crippen molar-refractivity contribution in [2.45, 2.75) is 64.0 Å². The minimum atomic E-state index is -0.939. The summed E-state index contributed by atoms with van der Waals surface area (Å²) in [6, 6.07) is 12.2. The van der Waals surface area contributed by atoms with Gasteiger partial charge in [-0.3, -0.25) is 19.5 Å². The maximum Gasteiger partial charge on any atom is 0.279 e. The quantitative estimate of drug-likeness (QED) is 0.406. The Bertz CT molecular complexity index is 1220. The van der Waals surface area contributed by atoms with Gasteiger partial charge in [0.25, 0.3) is 5.91 Å². The Labute approximate surface area is 224 Å². The third-order valence-electron chi connectivity index (χ3n) is 7.02. The molecule has 1 fully saturated rings. The lowest BCUT2D eigenvalue weighted by Crippen LogP contribution is -2.47. The van der Waals surface area contributed by atoms with Crippen LogP contribution in [0, 0.1) is 0 Å². The van der Waals surface area contributed by atoms with Crippen molar-refractivity contribution in [1.29, 1.82) is 0 Å². The largest absolute Gasteiger partial charge is 0.493 e. The van der Waals surface area contributed by atoms with Crippen molar-refractivity contribution >= 4 is 17.5 Å². The molecule has 1 N–H and O–H groups in total. The zero-order valence-electron chi connectivity index (χ0n) is 22.5. The van der Waals surface area contributed by atoms with Crippen molar-refractivity contribution in [3.05, 3.63) is 77.9 Å². The second-order valence-electron chi connectivity index (χ2n) is 9.87. The van der Waals surface area contributed by atoms with E-state index < -0.39 is 11.9 Å². The second kappa shape index (κ2) is 12.5. The van der Waals surface area contributed by atoms with Gasteiger partial charge in [0.15, 0.2) is 11.5 Å². The Morgan fingerprint density at radius 2 is 1.61 bits per heavy atom. The van der Waals surface area contributed by atoms with E-state index >= 15 is 0 Å². The van der Waals surface area contributed by atoms with Crippen molar-refractivity contribution < 1.29 is 19.1 Å². The first-order valence-corrected chi connectivity index (χ1v) is 13.1. The van der Waals surface area contributed by atoms with E-state index in [1.54, 1.807) is 25.3 Å². The monoisotopic (exact) mass is 516 g/mol. The Morgan fingerprint density at radius 1 is 0.921 bits per heavy atom. The Hall–Kier alpha value is -3.94. The van der Waals surface area contributed by atoms with Crippen molar-refractivity contribution in [3.8, 4) is 11.5 Å². The van der Waals surface area contributed by atoms with Crippen LogP contribution in [0.1, 0.15) is 79.5 Å². The van der Waals surface area contributed by atoms with Gasteiger partial charge in [-0.1, -0.05) is 57.4 Å². The molecule has 1 heterocycles. The van der Waals surface area contributed by atoms with Gasteiger partial charge in [0.05, 0.1) is 20.4 Å². The maximum atomic E-state index is 14.1. The minimum absolute atomic E-state index is 0.0764. The predicted molar refractivity (Wildman–Crippen MR) is 147 cm³/mol. The number of rotatable bonds is 9. The topological polar surface area (TPSA) is 93.7 Å². The fraction of sp³-hybridized carbons (Fsp3) is 0.400. The van der Waals surface area contributed by atoms with E-state index in [1.807, 2.05) is 24.3 Å². The number of hydrogen-bond donors (Lipinski definition) is 1. The van der Waals surface area contributed by atoms with Gasteiger partial charge in [-0.05, 0) is 42.0 Å². The fourth-order valence-corrected chi connectivity index (χ4v) is 4.90. The highest BCUT2D eigenvalue weighted by Gasteiger charge is 2.35. The molecule has 1 aliphatic rings. The number of ether oxygens (including phenoxy) is 2. The number of nitrogens with zero attached hydrogens (tertiary/aromatic N) is 3. The Kier molecular flexibility index (Phi) is 8.94. The van der Waals surface area contributed by atoms with Gasteiger partial charge >= 0.3 is 0 Å². The standard InChI is InChI=1S/C30H36N4O4/c1-20(2)21-10-12-22(13-11-21)28(29(35)33-23-8-6-5-7-9-23)34(30(36)25-19-31-16-17-32-25)24-14-15-26(37-3)27(18-24)38-4/h10-20,23,28H,5-9H2,1-4H3,(H,33,35)/t28-/m1/s1. The second-order valence-corrected chi connectivity index (χ2v) is 9.87. The fourth-order valence-electron chi connectivity index (χ4n) is 4.90. The summed E-state index contributed by atoms with van der Waals surface area (Å²) in [6.07, 6.45) is 9.58. The molecule has 2 amide bonds. The number of anilines is 1. The summed E-state index contributed by atoms with van der Waals surface area (Å²) >= 11 is 0. The van der Waals surface area contributed by atoms with E-state index in [0.717, 1.165) is 31.2 Å². The summed E-state index contributed by atoms with van der Waals surface area (Å²) < 4.78 is 10.9. The van der Waals surface area contributed by atoms with Crippen LogP contribution in [-0.4, -0.2) is 42.0 Å². The molecule has 0 unspecified atom stereocenters. The van der Waals surface area contributed by atoms with Crippen LogP contribution >= 0.6 is 0 Å². The molecule has 2 aromatic carbocycles. The summed E-state index contributed by atoms with van der Waals surface area (Å²) in [5.74, 6) is 0.626. The van der Waals surface area contributed by atoms with Gasteiger partial charge in [0.2, 0.25) is 5.91 Å².